The molecule has 0 unspecified atom stereocenters. The van der Waals surface area contributed by atoms with Crippen LogP contribution in [0.2, 0.25) is 0 Å². The quantitative estimate of drug-likeness (QED) is 0.705. The van der Waals surface area contributed by atoms with Gasteiger partial charge in [0.05, 0.1) is 17.6 Å². The van der Waals surface area contributed by atoms with Gasteiger partial charge in [-0.15, -0.1) is 0 Å². The van der Waals surface area contributed by atoms with Crippen molar-refractivity contribution < 1.29 is 4.52 Å². The van der Waals surface area contributed by atoms with Crippen LogP contribution in [0.15, 0.2) is 10.7 Å². The van der Waals surface area contributed by atoms with E-state index in [0.29, 0.717) is 28.1 Å². The molecular weight excluding hydrogens is 300 g/mol. The molecule has 114 valence electrons. The Morgan fingerprint density at radius 2 is 2.18 bits per heavy atom. The van der Waals surface area contributed by atoms with Crippen LogP contribution < -0.4 is 5.73 Å². The van der Waals surface area contributed by atoms with Gasteiger partial charge >= 0.3 is 0 Å². The first kappa shape index (κ1) is 13.4. The Kier molecular flexibility index (Phi) is 3.00. The highest BCUT2D eigenvalue weighted by molar-refractivity contribution is 7.71. The maximum absolute atomic E-state index is 5.84. The molecule has 0 radical (unpaired) electrons. The number of aryl methyl sites for hydroxylation is 1. The third-order valence-corrected chi connectivity index (χ3v) is 4.52. The first-order chi connectivity index (χ1) is 10.6. The van der Waals surface area contributed by atoms with Gasteiger partial charge in [0.1, 0.15) is 16.0 Å². The molecule has 3 aromatic rings. The van der Waals surface area contributed by atoms with Crippen molar-refractivity contribution in [2.75, 3.05) is 5.73 Å². The number of nitrogens with two attached hydrogens (primary N) is 1. The van der Waals surface area contributed by atoms with E-state index >= 15 is 0 Å². The number of hydrogen-bond acceptors (Lipinski definition) is 6. The second-order valence-corrected chi connectivity index (χ2v) is 6.11. The molecule has 1 aliphatic rings. The Labute approximate surface area is 131 Å². The molecule has 22 heavy (non-hydrogen) atoms. The van der Waals surface area contributed by atoms with Gasteiger partial charge in [-0.25, -0.2) is 9.67 Å². The topological polar surface area (TPSA) is 98.5 Å². The van der Waals surface area contributed by atoms with Crippen LogP contribution in [0, 0.1) is 11.6 Å². The number of anilines is 1. The molecule has 7 nitrogen and oxygen atoms in total. The molecule has 0 bridgehead atoms. The normalized spacial score (nSPS) is 15.9. The number of aromatic amines is 1. The summed E-state index contributed by atoms with van der Waals surface area (Å²) in [5.41, 5.74) is 8.26. The van der Waals surface area contributed by atoms with Crippen LogP contribution in [0.3, 0.4) is 0 Å². The predicted molar refractivity (Wildman–Crippen MR) is 84.9 cm³/mol. The molecule has 3 heterocycles. The lowest BCUT2D eigenvalue weighted by atomic mass is 10.2. The van der Waals surface area contributed by atoms with Crippen LogP contribution in [-0.2, 0) is 0 Å². The minimum Gasteiger partial charge on any atom is -0.369 e. The Bertz CT molecular complexity index is 902. The summed E-state index contributed by atoms with van der Waals surface area (Å²) in [6.07, 6.45) is 6.31. The molecule has 1 saturated carbocycles. The van der Waals surface area contributed by atoms with Crippen molar-refractivity contribution in [2.24, 2.45) is 0 Å². The fourth-order valence-corrected chi connectivity index (χ4v) is 3.45. The van der Waals surface area contributed by atoms with Crippen molar-refractivity contribution in [2.45, 2.75) is 38.6 Å². The lowest BCUT2D eigenvalue weighted by molar-refractivity contribution is 0.427. The van der Waals surface area contributed by atoms with Crippen molar-refractivity contribution in [3.05, 3.63) is 16.4 Å². The molecule has 3 aromatic heterocycles. The lowest BCUT2D eigenvalue weighted by Gasteiger charge is -2.10. The third kappa shape index (κ3) is 1.94. The second-order valence-electron chi connectivity index (χ2n) is 5.72. The SMILES string of the molecule is Cc1cnoc1-c1nn(C2CCCC2)c2[nH]c(N)nc(=S)c12. The van der Waals surface area contributed by atoms with E-state index in [1.165, 1.54) is 12.8 Å². The molecule has 8 heteroatoms. The van der Waals surface area contributed by atoms with Gasteiger partial charge in [0.15, 0.2) is 11.7 Å². The Hall–Kier alpha value is -2.22. The van der Waals surface area contributed by atoms with Crippen LogP contribution in [-0.4, -0.2) is 24.9 Å². The summed E-state index contributed by atoms with van der Waals surface area (Å²) in [6.45, 7) is 1.93. The highest BCUT2D eigenvalue weighted by atomic mass is 32.1. The second kappa shape index (κ2) is 4.91. The molecule has 3 N–H and O–H groups in total. The van der Waals surface area contributed by atoms with E-state index in [4.69, 9.17) is 27.6 Å². The molecule has 1 fully saturated rings. The van der Waals surface area contributed by atoms with Gasteiger partial charge < -0.3 is 15.2 Å². The summed E-state index contributed by atoms with van der Waals surface area (Å²) in [4.78, 5) is 7.28. The lowest BCUT2D eigenvalue weighted by Crippen LogP contribution is -2.08. The van der Waals surface area contributed by atoms with Crippen molar-refractivity contribution >= 4 is 29.2 Å². The maximum Gasteiger partial charge on any atom is 0.200 e. The summed E-state index contributed by atoms with van der Waals surface area (Å²) < 4.78 is 7.80. The largest absolute Gasteiger partial charge is 0.369 e. The van der Waals surface area contributed by atoms with Crippen LogP contribution in [0.4, 0.5) is 5.95 Å². The van der Waals surface area contributed by atoms with E-state index in [2.05, 4.69) is 15.1 Å². The van der Waals surface area contributed by atoms with Crippen LogP contribution in [0.1, 0.15) is 37.3 Å². The zero-order valence-electron chi connectivity index (χ0n) is 12.2. The Morgan fingerprint density at radius 3 is 2.86 bits per heavy atom. The minimum absolute atomic E-state index is 0.303. The Morgan fingerprint density at radius 1 is 1.41 bits per heavy atom. The summed E-state index contributed by atoms with van der Waals surface area (Å²) in [6, 6.07) is 0.354. The first-order valence-electron chi connectivity index (χ1n) is 7.35. The number of aromatic nitrogens is 5. The van der Waals surface area contributed by atoms with Crippen LogP contribution >= 0.6 is 12.2 Å². The van der Waals surface area contributed by atoms with Gasteiger partial charge in [0.25, 0.3) is 0 Å². The zero-order valence-corrected chi connectivity index (χ0v) is 13.0. The standard InChI is InChI=1S/C14H16N6OS/c1-7-6-16-21-11(7)10-9-12(17-14(15)18-13(9)22)20(19-10)8-4-2-3-5-8/h6,8H,2-5H2,1H3,(H3,15,17,18,22). The number of rotatable bonds is 2. The van der Waals surface area contributed by atoms with Crippen molar-refractivity contribution in [3.8, 4) is 11.5 Å². The molecule has 0 aromatic carbocycles. The van der Waals surface area contributed by atoms with E-state index in [1.54, 1.807) is 6.20 Å². The molecule has 0 spiro atoms. The predicted octanol–water partition coefficient (Wildman–Crippen LogP) is 3.15. The third-order valence-electron chi connectivity index (χ3n) is 4.23. The first-order valence-corrected chi connectivity index (χ1v) is 7.75. The number of fused-ring (bicyclic) bond motifs is 1. The monoisotopic (exact) mass is 316 g/mol. The fourth-order valence-electron chi connectivity index (χ4n) is 3.16. The minimum atomic E-state index is 0.303. The van der Waals surface area contributed by atoms with Crippen molar-refractivity contribution in [1.29, 1.82) is 0 Å². The van der Waals surface area contributed by atoms with Gasteiger partial charge in [0, 0.05) is 5.56 Å². The zero-order chi connectivity index (χ0) is 15.3. The summed E-state index contributed by atoms with van der Waals surface area (Å²) in [5.74, 6) is 0.935. The van der Waals surface area contributed by atoms with Crippen molar-refractivity contribution in [1.82, 2.24) is 24.9 Å². The Balaban J connectivity index is 2.05. The van der Waals surface area contributed by atoms with Gasteiger partial charge in [-0.05, 0) is 19.8 Å². The van der Waals surface area contributed by atoms with E-state index in [0.717, 1.165) is 29.4 Å². The van der Waals surface area contributed by atoms with Gasteiger partial charge in [-0.2, -0.15) is 5.10 Å². The van der Waals surface area contributed by atoms with Crippen molar-refractivity contribution in [3.63, 3.8) is 0 Å². The van der Waals surface area contributed by atoms with Gasteiger partial charge in [-0.1, -0.05) is 30.2 Å². The smallest absolute Gasteiger partial charge is 0.200 e. The molecule has 1 aliphatic carbocycles. The number of hydrogen-bond donors (Lipinski definition) is 2. The van der Waals surface area contributed by atoms with Gasteiger partial charge in [0.2, 0.25) is 0 Å². The van der Waals surface area contributed by atoms with E-state index in [1.807, 2.05) is 11.6 Å². The average Bonchev–Trinajstić information content (AvgIpc) is 3.16. The van der Waals surface area contributed by atoms with Crippen LogP contribution in [0.5, 0.6) is 0 Å². The van der Waals surface area contributed by atoms with E-state index in [9.17, 15) is 0 Å². The molecule has 0 amide bonds. The maximum atomic E-state index is 5.84. The molecular formula is C14H16N6OS. The average molecular weight is 316 g/mol. The van der Waals surface area contributed by atoms with E-state index < -0.39 is 0 Å². The summed E-state index contributed by atoms with van der Waals surface area (Å²) in [7, 11) is 0. The summed E-state index contributed by atoms with van der Waals surface area (Å²) in [5, 5.41) is 9.39. The van der Waals surface area contributed by atoms with Crippen LogP contribution in [0.25, 0.3) is 22.5 Å². The number of nitrogens with zero attached hydrogens (tertiary/aromatic N) is 4. The number of nitrogen functional groups attached to an aromatic ring is 1. The molecule has 0 saturated heterocycles. The number of nitrogens with one attached hydrogen (secondary N) is 1. The fraction of sp³-hybridized carbons (Fsp3) is 0.429. The highest BCUT2D eigenvalue weighted by Crippen LogP contribution is 2.36. The molecule has 0 aliphatic heterocycles. The molecule has 4 rings (SSSR count). The highest BCUT2D eigenvalue weighted by Gasteiger charge is 2.25. The summed E-state index contributed by atoms with van der Waals surface area (Å²) >= 11 is 5.41. The number of H-pyrrole nitrogens is 1. The van der Waals surface area contributed by atoms with E-state index in [-0.39, 0.29) is 0 Å². The van der Waals surface area contributed by atoms with Gasteiger partial charge in [-0.3, -0.25) is 0 Å². The molecule has 0 atom stereocenters.